The molecule has 0 spiro atoms. The molecule has 6 unspecified atom stereocenters. The molecule has 1 fully saturated rings. The van der Waals surface area contributed by atoms with Gasteiger partial charge < -0.3 is 34.3 Å². The third-order valence-electron chi connectivity index (χ3n) is 8.89. The molecule has 1 saturated heterocycles. The number of allylic oxidation sites excluding steroid dienone is 2. The SMILES string of the molecule is CCCC/C=C\CCCCCCCC(=O)OC(COCCCCCCCCCCCCCC)COC1OC(CO)C(O)C(OS(=O)(=O)O)C1O. The maximum Gasteiger partial charge on any atom is 0.397 e. The van der Waals surface area contributed by atoms with Crippen LogP contribution in [0.25, 0.3) is 0 Å². The van der Waals surface area contributed by atoms with Gasteiger partial charge in [-0.3, -0.25) is 9.35 Å². The van der Waals surface area contributed by atoms with E-state index in [1.54, 1.807) is 0 Å². The Bertz CT molecular complexity index is 947. The highest BCUT2D eigenvalue weighted by atomic mass is 32.3. The number of aliphatic hydroxyl groups is 3. The molecule has 0 aromatic carbocycles. The fourth-order valence-electron chi connectivity index (χ4n) is 5.89. The number of hydrogen-bond acceptors (Lipinski definition) is 11. The normalized spacial score (nSPS) is 21.9. The summed E-state index contributed by atoms with van der Waals surface area (Å²) in [4.78, 5) is 12.7. The monoisotopic (exact) mass is 738 g/mol. The standard InChI is InChI=1S/C37H70O12S/c1-3-5-7-9-11-13-15-17-19-21-23-25-27-45-29-31(47-33(39)26-24-22-20-18-16-14-12-10-8-6-4-2)30-46-37-35(41)36(49-50(42,43)44)34(40)32(28-38)48-37/h10,12,31-32,34-38,40-41H,3-9,11,13-30H2,1-2H3,(H,42,43,44)/b12-10-. The number of carbonyl (C=O) groups excluding carboxylic acids is 1. The Morgan fingerprint density at radius 1 is 0.740 bits per heavy atom. The van der Waals surface area contributed by atoms with E-state index in [1.807, 2.05) is 0 Å². The first-order valence-electron chi connectivity index (χ1n) is 19.4. The second-order valence-corrected chi connectivity index (χ2v) is 14.6. The van der Waals surface area contributed by atoms with Gasteiger partial charge in [-0.05, 0) is 32.1 Å². The van der Waals surface area contributed by atoms with Crippen molar-refractivity contribution in [3.63, 3.8) is 0 Å². The molecule has 0 aromatic rings. The quantitative estimate of drug-likeness (QED) is 0.0242. The number of aliphatic hydroxyl groups excluding tert-OH is 3. The van der Waals surface area contributed by atoms with Crippen LogP contribution in [0.4, 0.5) is 0 Å². The lowest BCUT2D eigenvalue weighted by Gasteiger charge is -2.41. The first kappa shape index (κ1) is 46.9. The summed E-state index contributed by atoms with van der Waals surface area (Å²) in [5.74, 6) is -0.409. The summed E-state index contributed by atoms with van der Waals surface area (Å²) in [6, 6.07) is 0. The molecule has 4 N–H and O–H groups in total. The molecule has 0 aliphatic carbocycles. The Hall–Kier alpha value is -1.16. The number of ether oxygens (including phenoxy) is 4. The molecule has 0 aromatic heterocycles. The van der Waals surface area contributed by atoms with E-state index < -0.39 is 59.8 Å². The zero-order valence-electron chi connectivity index (χ0n) is 31.0. The van der Waals surface area contributed by atoms with Crippen LogP contribution in [0.5, 0.6) is 0 Å². The van der Waals surface area contributed by atoms with Crippen molar-refractivity contribution in [3.05, 3.63) is 12.2 Å². The predicted molar refractivity (Wildman–Crippen MR) is 193 cm³/mol. The molecule has 1 rings (SSSR count). The number of carbonyl (C=O) groups is 1. The lowest BCUT2D eigenvalue weighted by atomic mass is 9.99. The molecular weight excluding hydrogens is 668 g/mol. The van der Waals surface area contributed by atoms with E-state index in [4.69, 9.17) is 23.5 Å². The highest BCUT2D eigenvalue weighted by Gasteiger charge is 2.48. The van der Waals surface area contributed by atoms with Crippen molar-refractivity contribution in [1.29, 1.82) is 0 Å². The van der Waals surface area contributed by atoms with Gasteiger partial charge in [-0.25, -0.2) is 4.18 Å². The molecule has 0 radical (unpaired) electrons. The van der Waals surface area contributed by atoms with E-state index in [2.05, 4.69) is 30.2 Å². The smallest absolute Gasteiger partial charge is 0.397 e. The van der Waals surface area contributed by atoms with Crippen LogP contribution < -0.4 is 0 Å². The molecule has 296 valence electrons. The fraction of sp³-hybridized carbons (Fsp3) is 0.919. The lowest BCUT2D eigenvalue weighted by Crippen LogP contribution is -2.60. The summed E-state index contributed by atoms with van der Waals surface area (Å²) in [5, 5.41) is 30.5. The second kappa shape index (κ2) is 30.3. The molecule has 0 saturated carbocycles. The number of hydrogen-bond donors (Lipinski definition) is 4. The summed E-state index contributed by atoms with van der Waals surface area (Å²) in [6.07, 6.45) is 19.7. The van der Waals surface area contributed by atoms with Gasteiger partial charge in [-0.1, -0.05) is 129 Å². The van der Waals surface area contributed by atoms with Crippen molar-refractivity contribution in [3.8, 4) is 0 Å². The molecule has 6 atom stereocenters. The number of unbranched alkanes of at least 4 members (excludes halogenated alkanes) is 18. The Labute approximate surface area is 302 Å². The van der Waals surface area contributed by atoms with E-state index in [0.29, 0.717) is 13.0 Å². The van der Waals surface area contributed by atoms with Gasteiger partial charge >= 0.3 is 16.4 Å². The Kier molecular flexibility index (Phi) is 28.4. The summed E-state index contributed by atoms with van der Waals surface area (Å²) >= 11 is 0. The molecule has 13 heteroatoms. The van der Waals surface area contributed by atoms with Crippen molar-refractivity contribution >= 4 is 16.4 Å². The van der Waals surface area contributed by atoms with Gasteiger partial charge in [0.15, 0.2) is 6.29 Å². The van der Waals surface area contributed by atoms with E-state index >= 15 is 0 Å². The first-order valence-corrected chi connectivity index (χ1v) is 20.8. The minimum absolute atomic E-state index is 0.0371. The van der Waals surface area contributed by atoms with E-state index in [-0.39, 0.29) is 19.6 Å². The number of rotatable bonds is 33. The Balaban J connectivity index is 2.51. The molecule has 50 heavy (non-hydrogen) atoms. The van der Waals surface area contributed by atoms with E-state index in [1.165, 1.54) is 70.6 Å². The van der Waals surface area contributed by atoms with Crippen molar-refractivity contribution < 1.29 is 56.2 Å². The fourth-order valence-corrected chi connectivity index (χ4v) is 6.40. The Morgan fingerprint density at radius 2 is 1.28 bits per heavy atom. The van der Waals surface area contributed by atoms with Crippen LogP contribution in [0.1, 0.15) is 155 Å². The molecular formula is C37H70O12S. The largest absolute Gasteiger partial charge is 0.457 e. The van der Waals surface area contributed by atoms with Gasteiger partial charge in [0.2, 0.25) is 0 Å². The molecule has 12 nitrogen and oxygen atoms in total. The topological polar surface area (TPSA) is 178 Å². The summed E-state index contributed by atoms with van der Waals surface area (Å²) < 4.78 is 58.7. The third-order valence-corrected chi connectivity index (χ3v) is 9.35. The molecule has 0 amide bonds. The van der Waals surface area contributed by atoms with Crippen molar-refractivity contribution in [2.45, 2.75) is 192 Å². The number of esters is 1. The van der Waals surface area contributed by atoms with Crippen molar-refractivity contribution in [1.82, 2.24) is 0 Å². The minimum Gasteiger partial charge on any atom is -0.457 e. The van der Waals surface area contributed by atoms with Crippen LogP contribution >= 0.6 is 0 Å². The molecule has 1 heterocycles. The highest BCUT2D eigenvalue weighted by molar-refractivity contribution is 7.80. The van der Waals surface area contributed by atoms with Gasteiger partial charge in [0.1, 0.15) is 30.5 Å². The maximum absolute atomic E-state index is 12.7. The summed E-state index contributed by atoms with van der Waals surface area (Å²) in [5.41, 5.74) is 0. The minimum atomic E-state index is -5.05. The van der Waals surface area contributed by atoms with E-state index in [0.717, 1.165) is 57.8 Å². The molecule has 0 bridgehead atoms. The zero-order valence-corrected chi connectivity index (χ0v) is 31.8. The second-order valence-electron chi connectivity index (χ2n) is 13.5. The van der Waals surface area contributed by atoms with Gasteiger partial charge in [-0.15, -0.1) is 0 Å². The summed E-state index contributed by atoms with van der Waals surface area (Å²) in [7, 11) is -5.05. The van der Waals surface area contributed by atoms with Crippen LogP contribution in [0.2, 0.25) is 0 Å². The zero-order chi connectivity index (χ0) is 36.9. The van der Waals surface area contributed by atoms with Gasteiger partial charge in [0.05, 0.1) is 19.8 Å². The van der Waals surface area contributed by atoms with Crippen LogP contribution in [0.3, 0.4) is 0 Å². The third kappa shape index (κ3) is 24.2. The van der Waals surface area contributed by atoms with E-state index in [9.17, 15) is 28.5 Å². The first-order chi connectivity index (χ1) is 24.1. The highest BCUT2D eigenvalue weighted by Crippen LogP contribution is 2.26. The van der Waals surface area contributed by atoms with Crippen molar-refractivity contribution in [2.75, 3.05) is 26.4 Å². The van der Waals surface area contributed by atoms with Crippen LogP contribution in [0, 0.1) is 0 Å². The average molecular weight is 739 g/mol. The van der Waals surface area contributed by atoms with Crippen LogP contribution in [-0.4, -0.2) is 97.5 Å². The van der Waals surface area contributed by atoms with Gasteiger partial charge in [-0.2, -0.15) is 8.42 Å². The van der Waals surface area contributed by atoms with Crippen LogP contribution in [-0.2, 0) is 38.3 Å². The lowest BCUT2D eigenvalue weighted by molar-refractivity contribution is -0.301. The van der Waals surface area contributed by atoms with Gasteiger partial charge in [0.25, 0.3) is 0 Å². The average Bonchev–Trinajstić information content (AvgIpc) is 3.08. The molecule has 1 aliphatic rings. The van der Waals surface area contributed by atoms with Crippen LogP contribution in [0.15, 0.2) is 12.2 Å². The summed E-state index contributed by atoms with van der Waals surface area (Å²) in [6.45, 7) is 3.92. The maximum atomic E-state index is 12.7. The molecule has 1 aliphatic heterocycles. The predicted octanol–water partition coefficient (Wildman–Crippen LogP) is 6.74. The Morgan fingerprint density at radius 3 is 1.86 bits per heavy atom. The van der Waals surface area contributed by atoms with Gasteiger partial charge in [0, 0.05) is 13.0 Å². The van der Waals surface area contributed by atoms with Crippen molar-refractivity contribution in [2.24, 2.45) is 0 Å².